The molecule has 180 valence electrons. The number of sulfone groups is 1. The maximum absolute atomic E-state index is 13.2. The molecule has 0 aliphatic carbocycles. The molecule has 0 bridgehead atoms. The molecule has 0 aromatic heterocycles. The molecule has 1 N–H and O–H groups in total. The van der Waals surface area contributed by atoms with Crippen molar-refractivity contribution in [3.63, 3.8) is 0 Å². The second kappa shape index (κ2) is 9.31. The van der Waals surface area contributed by atoms with Crippen LogP contribution in [0, 0.1) is 0 Å². The Balaban J connectivity index is 1.56. The number of aromatic hydroxyl groups is 1. The zero-order chi connectivity index (χ0) is 24.5. The van der Waals surface area contributed by atoms with Gasteiger partial charge in [-0.25, -0.2) is 8.42 Å². The number of nitrogens with zero attached hydrogens (tertiary/aromatic N) is 1. The Bertz CT molecular complexity index is 1290. The number of rotatable bonds is 5. The number of hydrogen-bond donors (Lipinski definition) is 1. The molecule has 9 heteroatoms. The van der Waals surface area contributed by atoms with Gasteiger partial charge in [-0.05, 0) is 85.0 Å². The maximum Gasteiger partial charge on any atom is 0.573 e. The molecule has 0 saturated heterocycles. The maximum atomic E-state index is 13.2. The predicted octanol–water partition coefficient (Wildman–Crippen LogP) is 4.74. The average molecular weight is 492 g/mol. The Morgan fingerprint density at radius 2 is 1.59 bits per heavy atom. The molecule has 1 heterocycles. The molecule has 0 amide bonds. The molecule has 1 aliphatic rings. The minimum absolute atomic E-state index is 0.0337. The van der Waals surface area contributed by atoms with E-state index in [0.717, 1.165) is 36.2 Å². The number of phenols is 1. The Labute approximate surface area is 196 Å². The third kappa shape index (κ3) is 5.53. The second-order valence-corrected chi connectivity index (χ2v) is 10.3. The molecule has 3 aromatic rings. The van der Waals surface area contributed by atoms with Crippen molar-refractivity contribution in [2.45, 2.75) is 35.4 Å². The second-order valence-electron chi connectivity index (χ2n) is 8.41. The zero-order valence-corrected chi connectivity index (χ0v) is 19.3. The van der Waals surface area contributed by atoms with Crippen LogP contribution in [0.2, 0.25) is 0 Å². The minimum Gasteiger partial charge on any atom is -0.507 e. The molecular weight excluding hydrogens is 467 g/mol. The Morgan fingerprint density at radius 3 is 2.24 bits per heavy atom. The van der Waals surface area contributed by atoms with Gasteiger partial charge in [0.1, 0.15) is 16.4 Å². The van der Waals surface area contributed by atoms with Crippen LogP contribution in [0.1, 0.15) is 22.3 Å². The summed E-state index contributed by atoms with van der Waals surface area (Å²) in [6, 6.07) is 14.9. The van der Waals surface area contributed by atoms with Gasteiger partial charge in [0.2, 0.25) is 9.84 Å². The SMILES string of the molecule is CN1CCc2cc(O)c(S(=O)(=O)c3ccc(Cc4cccc(OC(F)(F)F)c4)cc3)cc2CC1. The summed E-state index contributed by atoms with van der Waals surface area (Å²) in [5, 5.41) is 10.5. The van der Waals surface area contributed by atoms with Gasteiger partial charge in [0.15, 0.2) is 0 Å². The van der Waals surface area contributed by atoms with Crippen molar-refractivity contribution in [2.24, 2.45) is 0 Å². The molecular formula is C25H24F3NO4S. The first-order valence-electron chi connectivity index (χ1n) is 10.7. The highest BCUT2D eigenvalue weighted by Crippen LogP contribution is 2.33. The fraction of sp³-hybridized carbons (Fsp3) is 0.280. The van der Waals surface area contributed by atoms with Gasteiger partial charge in [-0.2, -0.15) is 0 Å². The van der Waals surface area contributed by atoms with Crippen LogP contribution in [0.4, 0.5) is 13.2 Å². The van der Waals surface area contributed by atoms with Gasteiger partial charge in [0.25, 0.3) is 0 Å². The summed E-state index contributed by atoms with van der Waals surface area (Å²) in [7, 11) is -1.95. The highest BCUT2D eigenvalue weighted by molar-refractivity contribution is 7.91. The molecule has 0 saturated carbocycles. The van der Waals surface area contributed by atoms with Gasteiger partial charge in [-0.1, -0.05) is 24.3 Å². The first-order valence-corrected chi connectivity index (χ1v) is 12.2. The van der Waals surface area contributed by atoms with Gasteiger partial charge in [0, 0.05) is 13.1 Å². The zero-order valence-electron chi connectivity index (χ0n) is 18.5. The van der Waals surface area contributed by atoms with Crippen LogP contribution in [0.5, 0.6) is 11.5 Å². The third-order valence-electron chi connectivity index (χ3n) is 5.87. The van der Waals surface area contributed by atoms with E-state index in [4.69, 9.17) is 0 Å². The smallest absolute Gasteiger partial charge is 0.507 e. The van der Waals surface area contributed by atoms with Crippen molar-refractivity contribution < 1.29 is 31.4 Å². The quantitative estimate of drug-likeness (QED) is 0.558. The van der Waals surface area contributed by atoms with Crippen molar-refractivity contribution in [3.05, 3.63) is 82.9 Å². The van der Waals surface area contributed by atoms with Gasteiger partial charge in [0.05, 0.1) is 4.90 Å². The van der Waals surface area contributed by atoms with Crippen LogP contribution < -0.4 is 4.74 Å². The van der Waals surface area contributed by atoms with Crippen molar-refractivity contribution in [1.82, 2.24) is 4.90 Å². The standard InChI is InChI=1S/C25H24F3NO4S/c1-29-11-9-19-15-23(30)24(16-20(19)10-12-29)34(31,32)22-7-5-17(6-8-22)13-18-3-2-4-21(14-18)33-25(26,27)28/h2-8,14-16,30H,9-13H2,1H3. The fourth-order valence-corrected chi connectivity index (χ4v) is 5.45. The number of alkyl halides is 3. The van der Waals surface area contributed by atoms with Gasteiger partial charge >= 0.3 is 6.36 Å². The molecule has 0 spiro atoms. The van der Waals surface area contributed by atoms with Crippen LogP contribution in [-0.4, -0.2) is 44.9 Å². The molecule has 4 rings (SSSR count). The summed E-state index contributed by atoms with van der Waals surface area (Å²) in [5.41, 5.74) is 3.18. The normalized spacial score (nSPS) is 14.9. The van der Waals surface area contributed by atoms with Gasteiger partial charge in [-0.15, -0.1) is 13.2 Å². The van der Waals surface area contributed by atoms with E-state index >= 15 is 0 Å². The van der Waals surface area contributed by atoms with E-state index in [1.807, 2.05) is 7.05 Å². The molecule has 0 atom stereocenters. The summed E-state index contributed by atoms with van der Waals surface area (Å²) in [6.45, 7) is 1.65. The van der Waals surface area contributed by atoms with E-state index in [9.17, 15) is 26.7 Å². The van der Waals surface area contributed by atoms with Crippen LogP contribution in [-0.2, 0) is 29.1 Å². The van der Waals surface area contributed by atoms with Crippen molar-refractivity contribution in [2.75, 3.05) is 20.1 Å². The number of halogens is 3. The predicted molar refractivity (Wildman–Crippen MR) is 121 cm³/mol. The van der Waals surface area contributed by atoms with E-state index in [2.05, 4.69) is 9.64 Å². The summed E-state index contributed by atoms with van der Waals surface area (Å²) in [5.74, 6) is -0.581. The van der Waals surface area contributed by atoms with E-state index in [1.54, 1.807) is 30.3 Å². The van der Waals surface area contributed by atoms with Crippen LogP contribution >= 0.6 is 0 Å². The van der Waals surface area contributed by atoms with E-state index in [1.165, 1.54) is 30.3 Å². The van der Waals surface area contributed by atoms with Crippen LogP contribution in [0.25, 0.3) is 0 Å². The lowest BCUT2D eigenvalue weighted by atomic mass is 10.0. The van der Waals surface area contributed by atoms with Gasteiger partial charge in [-0.3, -0.25) is 0 Å². The summed E-state index contributed by atoms with van der Waals surface area (Å²) < 4.78 is 67.8. The average Bonchev–Trinajstić information content (AvgIpc) is 2.94. The monoisotopic (exact) mass is 491 g/mol. The highest BCUT2D eigenvalue weighted by atomic mass is 32.2. The number of hydrogen-bond acceptors (Lipinski definition) is 5. The number of benzene rings is 3. The van der Waals surface area contributed by atoms with Crippen molar-refractivity contribution in [3.8, 4) is 11.5 Å². The van der Waals surface area contributed by atoms with Crippen molar-refractivity contribution >= 4 is 9.84 Å². The van der Waals surface area contributed by atoms with E-state index in [0.29, 0.717) is 18.4 Å². The first-order chi connectivity index (χ1) is 16.0. The molecule has 34 heavy (non-hydrogen) atoms. The molecule has 0 fully saturated rings. The lowest BCUT2D eigenvalue weighted by molar-refractivity contribution is -0.274. The highest BCUT2D eigenvalue weighted by Gasteiger charge is 2.31. The fourth-order valence-electron chi connectivity index (χ4n) is 4.07. The van der Waals surface area contributed by atoms with E-state index < -0.39 is 16.2 Å². The topological polar surface area (TPSA) is 66.8 Å². The Kier molecular flexibility index (Phi) is 6.60. The summed E-state index contributed by atoms with van der Waals surface area (Å²) >= 11 is 0. The van der Waals surface area contributed by atoms with E-state index in [-0.39, 0.29) is 21.3 Å². The Hall–Kier alpha value is -3.04. The summed E-state index contributed by atoms with van der Waals surface area (Å²) in [4.78, 5) is 2.07. The molecule has 0 radical (unpaired) electrons. The number of likely N-dealkylation sites (N-methyl/N-ethyl adjacent to an activating group) is 1. The first kappa shape index (κ1) is 24.1. The largest absolute Gasteiger partial charge is 0.573 e. The summed E-state index contributed by atoms with van der Waals surface area (Å²) in [6.07, 6.45) is -3.03. The molecule has 3 aromatic carbocycles. The van der Waals surface area contributed by atoms with Crippen LogP contribution in [0.15, 0.2) is 70.5 Å². The van der Waals surface area contributed by atoms with Crippen molar-refractivity contribution in [1.29, 1.82) is 0 Å². The number of phenolic OH excluding ortho intramolecular Hbond substituents is 1. The lowest BCUT2D eigenvalue weighted by Gasteiger charge is -2.13. The Morgan fingerprint density at radius 1 is 0.941 bits per heavy atom. The molecule has 0 unspecified atom stereocenters. The third-order valence-corrected chi connectivity index (χ3v) is 7.67. The van der Waals surface area contributed by atoms with Crippen LogP contribution in [0.3, 0.4) is 0 Å². The van der Waals surface area contributed by atoms with Gasteiger partial charge < -0.3 is 14.7 Å². The number of fused-ring (bicyclic) bond motifs is 1. The number of ether oxygens (including phenoxy) is 1. The molecule has 5 nitrogen and oxygen atoms in total. The molecule has 1 aliphatic heterocycles. The minimum atomic E-state index is -4.77. The lowest BCUT2D eigenvalue weighted by Crippen LogP contribution is -2.20.